The molecule has 0 atom stereocenters. The van der Waals surface area contributed by atoms with Crippen LogP contribution in [0, 0.1) is 19.1 Å². The average molecular weight is 383 g/mol. The van der Waals surface area contributed by atoms with Crippen LogP contribution in [0.15, 0.2) is 0 Å². The Morgan fingerprint density at radius 1 is 1.36 bits per heavy atom. The van der Waals surface area contributed by atoms with Crippen molar-refractivity contribution in [3.05, 3.63) is 13.2 Å². The summed E-state index contributed by atoms with van der Waals surface area (Å²) < 4.78 is 20.4. The van der Waals surface area contributed by atoms with Crippen LogP contribution >= 0.6 is 7.60 Å². The van der Waals surface area contributed by atoms with Crippen molar-refractivity contribution in [3.63, 3.8) is 0 Å². The van der Waals surface area contributed by atoms with E-state index in [1.165, 1.54) is 19.9 Å². The molecular formula is C5H9O3PVW-2. The van der Waals surface area contributed by atoms with E-state index in [0.29, 0.717) is 0 Å². The van der Waals surface area contributed by atoms with Crippen molar-refractivity contribution in [2.45, 2.75) is 6.92 Å². The molecule has 0 amide bonds. The maximum atomic E-state index is 10.9. The summed E-state index contributed by atoms with van der Waals surface area (Å²) in [5, 5.41) is 0. The predicted octanol–water partition coefficient (Wildman–Crippen LogP) is 1.81. The van der Waals surface area contributed by atoms with Crippen molar-refractivity contribution in [1.82, 2.24) is 0 Å². The molecule has 1 aliphatic heterocycles. The minimum Gasteiger partial charge on any atom is -0.490 e. The molecule has 0 saturated carbocycles. The van der Waals surface area contributed by atoms with Crippen LogP contribution < -0.4 is 0 Å². The molecule has 1 radical (unpaired) electrons. The van der Waals surface area contributed by atoms with Crippen LogP contribution in [-0.4, -0.2) is 6.66 Å². The van der Waals surface area contributed by atoms with Crippen LogP contribution in [0.2, 0.25) is 0 Å². The maximum Gasteiger partial charge on any atom is 0.267 e. The van der Waals surface area contributed by atoms with Gasteiger partial charge in [-0.3, -0.25) is 10.5 Å². The topological polar surface area (TPSA) is 35.5 Å². The van der Waals surface area contributed by atoms with E-state index in [1.54, 1.807) is 0 Å². The molecule has 0 aromatic rings. The summed E-state index contributed by atoms with van der Waals surface area (Å²) in [4.78, 5) is 0. The van der Waals surface area contributed by atoms with E-state index >= 15 is 0 Å². The third kappa shape index (κ3) is 5.63. The zero-order valence-electron chi connectivity index (χ0n) is 6.26. The van der Waals surface area contributed by atoms with E-state index < -0.39 is 7.60 Å². The van der Waals surface area contributed by atoms with Crippen LogP contribution in [0.3, 0.4) is 0 Å². The van der Waals surface area contributed by atoms with Crippen molar-refractivity contribution in [1.29, 1.82) is 0 Å². The summed E-state index contributed by atoms with van der Waals surface area (Å²) in [6, 6.07) is 0. The molecule has 0 aliphatic carbocycles. The van der Waals surface area contributed by atoms with Gasteiger partial charge in [0.25, 0.3) is 7.60 Å². The molecule has 0 spiro atoms. The third-order valence-electron chi connectivity index (χ3n) is 0.934. The number of hydrogen-bond acceptors (Lipinski definition) is 3. The molecule has 0 unspecified atom stereocenters. The second kappa shape index (κ2) is 5.97. The fourth-order valence-corrected chi connectivity index (χ4v) is 1.35. The zero-order valence-corrected chi connectivity index (χ0v) is 11.5. The number of hydrogen-bond donors (Lipinski definition) is 0. The Morgan fingerprint density at radius 3 is 2.00 bits per heavy atom. The summed E-state index contributed by atoms with van der Waals surface area (Å²) >= 11 is 0. The second-order valence-electron chi connectivity index (χ2n) is 2.11. The van der Waals surface area contributed by atoms with Gasteiger partial charge in [-0.15, -0.1) is 6.92 Å². The quantitative estimate of drug-likeness (QED) is 0.473. The normalized spacial score (nSPS) is 36.7. The summed E-state index contributed by atoms with van der Waals surface area (Å²) in [7, 11) is -2.74. The zero-order chi connectivity index (χ0) is 6.91. The van der Waals surface area contributed by atoms with Gasteiger partial charge in [0.1, 0.15) is 0 Å². The van der Waals surface area contributed by atoms with Gasteiger partial charge in [-0.05, 0) is 0 Å². The molecule has 1 saturated heterocycles. The molecule has 0 bridgehead atoms. The van der Waals surface area contributed by atoms with Gasteiger partial charge in [0.15, 0.2) is 0 Å². The fraction of sp³-hybridized carbons (Fsp3) is 0.600. The first kappa shape index (κ1) is 14.9. The third-order valence-corrected chi connectivity index (χ3v) is 1.94. The molecule has 6 heteroatoms. The Labute approximate surface area is 93.3 Å². The maximum absolute atomic E-state index is 10.9. The molecule has 65 valence electrons. The largest absolute Gasteiger partial charge is 0.490 e. The first-order valence-corrected chi connectivity index (χ1v) is 4.70. The van der Waals surface area contributed by atoms with Gasteiger partial charge in [-0.25, -0.2) is 13.2 Å². The van der Waals surface area contributed by atoms with Gasteiger partial charge >= 0.3 is 0 Å². The Balaban J connectivity index is 0. The molecule has 1 rings (SSSR count). The Bertz CT molecular complexity index is 143. The molecule has 3 nitrogen and oxygen atoms in total. The van der Waals surface area contributed by atoms with Crippen LogP contribution in [0.4, 0.5) is 0 Å². The molecule has 1 fully saturated rings. The van der Waals surface area contributed by atoms with Crippen molar-refractivity contribution in [2.24, 2.45) is 5.92 Å². The summed E-state index contributed by atoms with van der Waals surface area (Å²) in [5.41, 5.74) is 0. The second-order valence-corrected chi connectivity index (χ2v) is 4.08. The van der Waals surface area contributed by atoms with Crippen molar-refractivity contribution in [2.75, 3.05) is 6.66 Å². The number of rotatable bonds is 0. The average Bonchev–Trinajstić information content (AvgIpc) is 1.78. The SMILES string of the molecule is CC1[CH-]OP(C)(=O)O[CH-]1.[V].[W]. The first-order chi connectivity index (χ1) is 4.10. The fourth-order valence-electron chi connectivity index (χ4n) is 0.470. The molecule has 1 heterocycles. The minimum absolute atomic E-state index is 0. The van der Waals surface area contributed by atoms with Crippen molar-refractivity contribution < 1.29 is 53.2 Å². The van der Waals surface area contributed by atoms with E-state index in [4.69, 9.17) is 9.05 Å². The monoisotopic (exact) mass is 383 g/mol. The smallest absolute Gasteiger partial charge is 0.267 e. The van der Waals surface area contributed by atoms with E-state index in [0.717, 1.165) is 0 Å². The Hall–Kier alpha value is 1.42. The van der Waals surface area contributed by atoms with Crippen LogP contribution in [0.25, 0.3) is 0 Å². The van der Waals surface area contributed by atoms with E-state index in [9.17, 15) is 4.57 Å². The standard InChI is InChI=1S/C5H9O3P.V.W/c1-5-3-7-9(2,6)8-4-5;;/h3-5H,1-2H3;;/q-2;;. The van der Waals surface area contributed by atoms with Crippen LogP contribution in [0.5, 0.6) is 0 Å². The van der Waals surface area contributed by atoms with Gasteiger partial charge < -0.3 is 9.05 Å². The van der Waals surface area contributed by atoms with Gasteiger partial charge in [0.05, 0.1) is 0 Å². The molecule has 1 aliphatic rings. The van der Waals surface area contributed by atoms with Crippen LogP contribution in [-0.2, 0) is 53.2 Å². The molecular weight excluding hydrogens is 374 g/mol. The summed E-state index contributed by atoms with van der Waals surface area (Å²) in [6.45, 7) is 6.36. The Morgan fingerprint density at radius 2 is 1.73 bits per heavy atom. The first-order valence-electron chi connectivity index (χ1n) is 2.71. The van der Waals surface area contributed by atoms with Gasteiger partial charge in [0.2, 0.25) is 0 Å². The van der Waals surface area contributed by atoms with E-state index in [2.05, 4.69) is 0 Å². The van der Waals surface area contributed by atoms with Crippen molar-refractivity contribution in [3.8, 4) is 0 Å². The molecule has 11 heavy (non-hydrogen) atoms. The predicted molar refractivity (Wildman–Crippen MR) is 33.5 cm³/mol. The van der Waals surface area contributed by atoms with E-state index in [1.807, 2.05) is 6.92 Å². The van der Waals surface area contributed by atoms with Crippen LogP contribution in [0.1, 0.15) is 6.92 Å². The van der Waals surface area contributed by atoms with E-state index in [-0.39, 0.29) is 45.5 Å². The summed E-state index contributed by atoms with van der Waals surface area (Å²) in [6.07, 6.45) is 0. The molecule has 0 aromatic carbocycles. The molecule has 0 N–H and O–H groups in total. The minimum atomic E-state index is -2.74. The van der Waals surface area contributed by atoms with Gasteiger partial charge in [-0.1, -0.05) is 0 Å². The van der Waals surface area contributed by atoms with Gasteiger partial charge in [-0.2, -0.15) is 0 Å². The van der Waals surface area contributed by atoms with Gasteiger partial charge in [0, 0.05) is 46.3 Å². The summed E-state index contributed by atoms with van der Waals surface area (Å²) in [5.74, 6) is 0.132. The van der Waals surface area contributed by atoms with Crippen molar-refractivity contribution >= 4 is 7.60 Å². The molecule has 0 aromatic heterocycles. The Kier molecular flexibility index (Phi) is 8.09.